The van der Waals surface area contributed by atoms with E-state index in [1.165, 1.54) is 82.6 Å². The van der Waals surface area contributed by atoms with Crippen molar-refractivity contribution in [2.75, 3.05) is 0 Å². The molecule has 0 atom stereocenters. The van der Waals surface area contributed by atoms with Crippen molar-refractivity contribution in [2.24, 2.45) is 17.8 Å². The van der Waals surface area contributed by atoms with Crippen LogP contribution in [0.1, 0.15) is 94.6 Å². The molecule has 0 N–H and O–H groups in total. The molecule has 2 fully saturated rings. The molecule has 0 bridgehead atoms. The third-order valence-electron chi connectivity index (χ3n) is 7.15. The van der Waals surface area contributed by atoms with Gasteiger partial charge in [0.15, 0.2) is 0 Å². The van der Waals surface area contributed by atoms with Crippen molar-refractivity contribution in [1.29, 1.82) is 5.26 Å². The van der Waals surface area contributed by atoms with Crippen molar-refractivity contribution in [3.63, 3.8) is 0 Å². The van der Waals surface area contributed by atoms with E-state index in [0.29, 0.717) is 5.92 Å². The Bertz CT molecular complexity index is 605. The van der Waals surface area contributed by atoms with Gasteiger partial charge in [-0.15, -0.1) is 0 Å². The minimum atomic E-state index is 0.667. The summed E-state index contributed by atoms with van der Waals surface area (Å²) in [5, 5.41) is 8.67. The fraction of sp³-hybridized carbons (Fsp3) is 0.654. The minimum Gasteiger partial charge on any atom is -0.193 e. The van der Waals surface area contributed by atoms with Crippen LogP contribution in [0.5, 0.6) is 0 Å². The van der Waals surface area contributed by atoms with E-state index >= 15 is 0 Å². The van der Waals surface area contributed by atoms with Gasteiger partial charge in [0.2, 0.25) is 0 Å². The van der Waals surface area contributed by atoms with E-state index in [4.69, 9.17) is 5.26 Å². The van der Waals surface area contributed by atoms with Gasteiger partial charge in [-0.25, -0.2) is 0 Å². The third kappa shape index (κ3) is 6.24. The Morgan fingerprint density at radius 3 is 2.04 bits per heavy atom. The highest BCUT2D eigenvalue weighted by Gasteiger charge is 2.24. The van der Waals surface area contributed by atoms with Crippen molar-refractivity contribution in [2.45, 2.75) is 89.9 Å². The molecule has 2 aliphatic rings. The Morgan fingerprint density at radius 2 is 1.48 bits per heavy atom. The van der Waals surface area contributed by atoms with E-state index in [0.717, 1.165) is 17.8 Å². The fourth-order valence-electron chi connectivity index (χ4n) is 5.35. The Kier molecular flexibility index (Phi) is 8.00. The number of hydrogen-bond donors (Lipinski definition) is 0. The van der Waals surface area contributed by atoms with Crippen LogP contribution in [0.4, 0.5) is 0 Å². The average molecular weight is 364 g/mol. The first-order chi connectivity index (χ1) is 13.3. The SMILES string of the molecule is CCCc1ccc(C2CCC(CCC3CCC(/C=C/C#N)CC3)CC2)cc1. The molecule has 2 saturated carbocycles. The van der Waals surface area contributed by atoms with Gasteiger partial charge >= 0.3 is 0 Å². The smallest absolute Gasteiger partial charge is 0.0908 e. The van der Waals surface area contributed by atoms with Crippen molar-refractivity contribution < 1.29 is 0 Å². The van der Waals surface area contributed by atoms with Crippen LogP contribution in [0.25, 0.3) is 0 Å². The summed E-state index contributed by atoms with van der Waals surface area (Å²) in [7, 11) is 0. The summed E-state index contributed by atoms with van der Waals surface area (Å²) in [6.45, 7) is 2.26. The molecular formula is C26H37N. The Balaban J connectivity index is 1.35. The maximum Gasteiger partial charge on any atom is 0.0908 e. The van der Waals surface area contributed by atoms with Crippen LogP contribution < -0.4 is 0 Å². The lowest BCUT2D eigenvalue weighted by atomic mass is 9.74. The number of nitrogens with zero attached hydrogens (tertiary/aromatic N) is 1. The Hall–Kier alpha value is -1.55. The van der Waals surface area contributed by atoms with Crippen molar-refractivity contribution in [3.05, 3.63) is 47.5 Å². The quantitative estimate of drug-likeness (QED) is 0.458. The van der Waals surface area contributed by atoms with Gasteiger partial charge in [-0.3, -0.25) is 0 Å². The van der Waals surface area contributed by atoms with Crippen LogP contribution in [0.3, 0.4) is 0 Å². The molecule has 1 nitrogen and oxygen atoms in total. The molecule has 3 rings (SSSR count). The molecule has 0 radical (unpaired) electrons. The van der Waals surface area contributed by atoms with Gasteiger partial charge in [-0.1, -0.05) is 56.5 Å². The topological polar surface area (TPSA) is 23.8 Å². The molecule has 1 aromatic rings. The minimum absolute atomic E-state index is 0.667. The summed E-state index contributed by atoms with van der Waals surface area (Å²) < 4.78 is 0. The highest BCUT2D eigenvalue weighted by molar-refractivity contribution is 5.25. The molecule has 1 heteroatoms. The molecule has 0 spiro atoms. The van der Waals surface area contributed by atoms with E-state index in [1.54, 1.807) is 11.6 Å². The maximum atomic E-state index is 8.67. The predicted molar refractivity (Wildman–Crippen MR) is 115 cm³/mol. The van der Waals surface area contributed by atoms with E-state index in [9.17, 15) is 0 Å². The normalized spacial score (nSPS) is 28.9. The van der Waals surface area contributed by atoms with Crippen LogP contribution in [-0.2, 0) is 6.42 Å². The van der Waals surface area contributed by atoms with Crippen LogP contribution in [0.15, 0.2) is 36.4 Å². The number of rotatable bonds is 7. The summed E-state index contributed by atoms with van der Waals surface area (Å²) in [6.07, 6.45) is 20.1. The monoisotopic (exact) mass is 363 g/mol. The largest absolute Gasteiger partial charge is 0.193 e. The first kappa shape index (κ1) is 20.2. The molecule has 27 heavy (non-hydrogen) atoms. The molecule has 0 unspecified atom stereocenters. The van der Waals surface area contributed by atoms with Gasteiger partial charge < -0.3 is 0 Å². The number of nitriles is 1. The van der Waals surface area contributed by atoms with Crippen LogP contribution >= 0.6 is 0 Å². The maximum absolute atomic E-state index is 8.67. The van der Waals surface area contributed by atoms with Crippen molar-refractivity contribution in [3.8, 4) is 6.07 Å². The van der Waals surface area contributed by atoms with Gasteiger partial charge in [-0.2, -0.15) is 5.26 Å². The first-order valence-electron chi connectivity index (χ1n) is 11.4. The molecule has 146 valence electrons. The molecule has 1 aromatic carbocycles. The summed E-state index contributed by atoms with van der Waals surface area (Å²) >= 11 is 0. The van der Waals surface area contributed by atoms with E-state index in [1.807, 2.05) is 0 Å². The van der Waals surface area contributed by atoms with Gasteiger partial charge in [0.25, 0.3) is 0 Å². The molecule has 0 aromatic heterocycles. The average Bonchev–Trinajstić information content (AvgIpc) is 2.73. The first-order valence-corrected chi connectivity index (χ1v) is 11.4. The summed E-state index contributed by atoms with van der Waals surface area (Å²) in [6, 6.07) is 11.6. The zero-order valence-corrected chi connectivity index (χ0v) is 17.2. The van der Waals surface area contributed by atoms with E-state index in [2.05, 4.69) is 43.3 Å². The van der Waals surface area contributed by atoms with Gasteiger partial charge in [0.05, 0.1) is 6.07 Å². The summed E-state index contributed by atoms with van der Waals surface area (Å²) in [5.41, 5.74) is 3.07. The predicted octanol–water partition coefficient (Wildman–Crippen LogP) is 7.58. The highest BCUT2D eigenvalue weighted by Crippen LogP contribution is 2.40. The Morgan fingerprint density at radius 1 is 0.889 bits per heavy atom. The summed E-state index contributed by atoms with van der Waals surface area (Å²) in [5.74, 6) is 3.39. The lowest BCUT2D eigenvalue weighted by Gasteiger charge is -2.31. The second-order valence-corrected chi connectivity index (χ2v) is 9.06. The number of aryl methyl sites for hydroxylation is 1. The summed E-state index contributed by atoms with van der Waals surface area (Å²) in [4.78, 5) is 0. The lowest BCUT2D eigenvalue weighted by Crippen LogP contribution is -2.17. The van der Waals surface area contributed by atoms with Gasteiger partial charge in [0.1, 0.15) is 0 Å². The van der Waals surface area contributed by atoms with Crippen LogP contribution in [0.2, 0.25) is 0 Å². The highest BCUT2D eigenvalue weighted by atomic mass is 14.3. The molecular weight excluding hydrogens is 326 g/mol. The zero-order chi connectivity index (χ0) is 18.9. The number of hydrogen-bond acceptors (Lipinski definition) is 1. The fourth-order valence-corrected chi connectivity index (χ4v) is 5.35. The molecule has 0 saturated heterocycles. The van der Waals surface area contributed by atoms with Crippen LogP contribution in [-0.4, -0.2) is 0 Å². The molecule has 2 aliphatic carbocycles. The zero-order valence-electron chi connectivity index (χ0n) is 17.2. The third-order valence-corrected chi connectivity index (χ3v) is 7.15. The van der Waals surface area contributed by atoms with Gasteiger partial charge in [0, 0.05) is 6.08 Å². The number of benzene rings is 1. The van der Waals surface area contributed by atoms with Gasteiger partial charge in [-0.05, 0) is 92.6 Å². The van der Waals surface area contributed by atoms with E-state index < -0.39 is 0 Å². The van der Waals surface area contributed by atoms with Crippen molar-refractivity contribution in [1.82, 2.24) is 0 Å². The second-order valence-electron chi connectivity index (χ2n) is 9.06. The van der Waals surface area contributed by atoms with Crippen LogP contribution in [0, 0.1) is 29.1 Å². The molecule has 0 heterocycles. The molecule has 0 amide bonds. The second kappa shape index (κ2) is 10.7. The van der Waals surface area contributed by atoms with E-state index in [-0.39, 0.29) is 0 Å². The molecule has 0 aliphatic heterocycles. The Labute approximate surface area is 166 Å². The number of allylic oxidation sites excluding steroid dienone is 2. The standard InChI is InChI=1S/C26H37N/c1-2-4-21-12-16-25(17-13-21)26-18-14-24(15-19-26)11-10-23-8-6-22(7-9-23)5-3-20-27/h3,5,12-13,16-17,22-24,26H,2,4,6-11,14-15,18-19H2,1H3/b5-3+. The lowest BCUT2D eigenvalue weighted by molar-refractivity contribution is 0.246. The van der Waals surface area contributed by atoms with Crippen molar-refractivity contribution >= 4 is 0 Å².